The molecule has 1 unspecified atom stereocenters. The van der Waals surface area contributed by atoms with E-state index in [9.17, 15) is 9.50 Å². The largest absolute Gasteiger partial charge is 0.481 e. The van der Waals surface area contributed by atoms with Gasteiger partial charge in [0.25, 0.3) is 0 Å². The molecule has 0 aliphatic rings. The van der Waals surface area contributed by atoms with Crippen molar-refractivity contribution < 1.29 is 14.2 Å². The number of methoxy groups -OCH3 is 1. The molecule has 0 saturated carbocycles. The van der Waals surface area contributed by atoms with Crippen LogP contribution in [-0.2, 0) is 13.5 Å². The number of hydrogen-bond donors (Lipinski definition) is 1. The Morgan fingerprint density at radius 3 is 2.85 bits per heavy atom. The zero-order chi connectivity index (χ0) is 14.9. The third-order valence-electron chi connectivity index (χ3n) is 3.16. The molecule has 4 nitrogen and oxygen atoms in total. The first-order chi connectivity index (χ1) is 9.43. The molecule has 0 spiro atoms. The van der Waals surface area contributed by atoms with Crippen LogP contribution in [0.3, 0.4) is 0 Å². The Balaban J connectivity index is 2.33. The number of benzene rings is 1. The van der Waals surface area contributed by atoms with E-state index >= 15 is 0 Å². The molecule has 0 amide bonds. The van der Waals surface area contributed by atoms with Crippen LogP contribution >= 0.6 is 15.9 Å². The van der Waals surface area contributed by atoms with Gasteiger partial charge >= 0.3 is 0 Å². The van der Waals surface area contributed by atoms with Gasteiger partial charge in [0.15, 0.2) is 0 Å². The predicted molar refractivity (Wildman–Crippen MR) is 77.3 cm³/mol. The number of hydrogen-bond acceptors (Lipinski definition) is 3. The van der Waals surface area contributed by atoms with Crippen molar-refractivity contribution >= 4 is 15.9 Å². The van der Waals surface area contributed by atoms with Gasteiger partial charge in [-0.3, -0.25) is 0 Å². The second-order valence-corrected chi connectivity index (χ2v) is 5.50. The van der Waals surface area contributed by atoms with Crippen LogP contribution in [0, 0.1) is 12.7 Å². The topological polar surface area (TPSA) is 47.3 Å². The monoisotopic (exact) mass is 342 g/mol. The van der Waals surface area contributed by atoms with Gasteiger partial charge in [-0.05, 0) is 30.7 Å². The van der Waals surface area contributed by atoms with Crippen molar-refractivity contribution in [3.8, 4) is 5.88 Å². The van der Waals surface area contributed by atoms with Gasteiger partial charge in [0.1, 0.15) is 5.82 Å². The molecule has 2 rings (SSSR count). The third kappa shape index (κ3) is 2.86. The molecule has 6 heteroatoms. The molecular weight excluding hydrogens is 327 g/mol. The SMILES string of the molecule is COc1c(C(O)Cc2cc(Br)ccc2F)c(C)nn1C. The van der Waals surface area contributed by atoms with Gasteiger partial charge in [0.2, 0.25) is 5.88 Å². The summed E-state index contributed by atoms with van der Waals surface area (Å²) in [5.41, 5.74) is 1.71. The van der Waals surface area contributed by atoms with Gasteiger partial charge in [-0.25, -0.2) is 9.07 Å². The number of aliphatic hydroxyl groups excluding tert-OH is 1. The molecular formula is C14H16BrFN2O2. The highest BCUT2D eigenvalue weighted by Crippen LogP contribution is 2.31. The third-order valence-corrected chi connectivity index (χ3v) is 3.65. The smallest absolute Gasteiger partial charge is 0.217 e. The van der Waals surface area contributed by atoms with Crippen LogP contribution in [0.15, 0.2) is 22.7 Å². The Hall–Kier alpha value is -1.40. The number of aliphatic hydroxyl groups is 1. The van der Waals surface area contributed by atoms with E-state index in [0.717, 1.165) is 4.47 Å². The van der Waals surface area contributed by atoms with Gasteiger partial charge < -0.3 is 9.84 Å². The van der Waals surface area contributed by atoms with E-state index in [2.05, 4.69) is 21.0 Å². The van der Waals surface area contributed by atoms with Crippen LogP contribution < -0.4 is 4.74 Å². The molecule has 0 aliphatic heterocycles. The van der Waals surface area contributed by atoms with E-state index in [0.29, 0.717) is 22.7 Å². The second-order valence-electron chi connectivity index (χ2n) is 4.59. The minimum Gasteiger partial charge on any atom is -0.481 e. The molecule has 1 heterocycles. The molecule has 0 bridgehead atoms. The van der Waals surface area contributed by atoms with Crippen molar-refractivity contribution in [3.63, 3.8) is 0 Å². The lowest BCUT2D eigenvalue weighted by Gasteiger charge is -2.13. The highest BCUT2D eigenvalue weighted by molar-refractivity contribution is 9.10. The maximum Gasteiger partial charge on any atom is 0.217 e. The van der Waals surface area contributed by atoms with Crippen LogP contribution in [0.5, 0.6) is 5.88 Å². The number of ether oxygens (including phenoxy) is 1. The molecule has 0 saturated heterocycles. The maximum absolute atomic E-state index is 13.7. The average molecular weight is 343 g/mol. The molecule has 1 aromatic heterocycles. The summed E-state index contributed by atoms with van der Waals surface area (Å²) in [5, 5.41) is 14.6. The van der Waals surface area contributed by atoms with Crippen LogP contribution in [0.2, 0.25) is 0 Å². The number of aryl methyl sites for hydroxylation is 2. The summed E-state index contributed by atoms with van der Waals surface area (Å²) >= 11 is 3.30. The predicted octanol–water partition coefficient (Wildman–Crippen LogP) is 2.91. The fourth-order valence-corrected chi connectivity index (χ4v) is 2.70. The molecule has 1 atom stereocenters. The maximum atomic E-state index is 13.7. The minimum atomic E-state index is -0.873. The van der Waals surface area contributed by atoms with Gasteiger partial charge in [-0.2, -0.15) is 5.10 Å². The Labute approximate surface area is 125 Å². The fraction of sp³-hybridized carbons (Fsp3) is 0.357. The Bertz CT molecular complexity index is 628. The number of aromatic nitrogens is 2. The molecule has 2 aromatic rings. The molecule has 0 aliphatic carbocycles. The van der Waals surface area contributed by atoms with Crippen molar-refractivity contribution in [1.82, 2.24) is 9.78 Å². The first-order valence-corrected chi connectivity index (χ1v) is 6.92. The lowest BCUT2D eigenvalue weighted by molar-refractivity contribution is 0.171. The average Bonchev–Trinajstić information content (AvgIpc) is 2.68. The van der Waals surface area contributed by atoms with Gasteiger partial charge in [0.05, 0.1) is 24.5 Å². The molecule has 108 valence electrons. The normalized spacial score (nSPS) is 12.5. The summed E-state index contributed by atoms with van der Waals surface area (Å²) < 4.78 is 21.3. The Kier molecular flexibility index (Phi) is 4.45. The zero-order valence-corrected chi connectivity index (χ0v) is 13.1. The second kappa shape index (κ2) is 5.93. The molecule has 0 radical (unpaired) electrons. The van der Waals surface area contributed by atoms with E-state index in [1.165, 1.54) is 13.2 Å². The number of rotatable bonds is 4. The first kappa shape index (κ1) is 15.0. The van der Waals surface area contributed by atoms with Crippen molar-refractivity contribution in [2.45, 2.75) is 19.4 Å². The van der Waals surface area contributed by atoms with Crippen LogP contribution in [0.25, 0.3) is 0 Å². The van der Waals surface area contributed by atoms with Gasteiger partial charge in [-0.15, -0.1) is 0 Å². The summed E-state index contributed by atoms with van der Waals surface area (Å²) in [6, 6.07) is 4.66. The highest BCUT2D eigenvalue weighted by Gasteiger charge is 2.22. The fourth-order valence-electron chi connectivity index (χ4n) is 2.29. The molecule has 20 heavy (non-hydrogen) atoms. The van der Waals surface area contributed by atoms with Crippen molar-refractivity contribution in [1.29, 1.82) is 0 Å². The Morgan fingerprint density at radius 2 is 2.20 bits per heavy atom. The van der Waals surface area contributed by atoms with Crippen molar-refractivity contribution in [2.75, 3.05) is 7.11 Å². The zero-order valence-electron chi connectivity index (χ0n) is 11.5. The van der Waals surface area contributed by atoms with Gasteiger partial charge in [-0.1, -0.05) is 15.9 Å². The number of nitrogens with zero attached hydrogens (tertiary/aromatic N) is 2. The molecule has 1 aromatic carbocycles. The van der Waals surface area contributed by atoms with E-state index in [1.54, 1.807) is 30.8 Å². The van der Waals surface area contributed by atoms with Crippen LogP contribution in [0.4, 0.5) is 4.39 Å². The highest BCUT2D eigenvalue weighted by atomic mass is 79.9. The van der Waals surface area contributed by atoms with E-state index < -0.39 is 6.10 Å². The molecule has 0 fully saturated rings. The van der Waals surface area contributed by atoms with Crippen LogP contribution in [0.1, 0.15) is 22.9 Å². The summed E-state index contributed by atoms with van der Waals surface area (Å²) in [5.74, 6) is 0.151. The van der Waals surface area contributed by atoms with Crippen molar-refractivity contribution in [2.24, 2.45) is 7.05 Å². The minimum absolute atomic E-state index is 0.161. The summed E-state index contributed by atoms with van der Waals surface area (Å²) in [7, 11) is 3.26. The van der Waals surface area contributed by atoms with E-state index in [4.69, 9.17) is 4.74 Å². The summed E-state index contributed by atoms with van der Waals surface area (Å²) in [4.78, 5) is 0. The quantitative estimate of drug-likeness (QED) is 0.929. The van der Waals surface area contributed by atoms with E-state index in [1.807, 2.05) is 0 Å². The summed E-state index contributed by atoms with van der Waals surface area (Å²) in [6.45, 7) is 1.79. The van der Waals surface area contributed by atoms with Crippen molar-refractivity contribution in [3.05, 3.63) is 45.3 Å². The lowest BCUT2D eigenvalue weighted by Crippen LogP contribution is -2.06. The Morgan fingerprint density at radius 1 is 1.50 bits per heavy atom. The number of halogens is 2. The van der Waals surface area contributed by atoms with E-state index in [-0.39, 0.29) is 12.2 Å². The molecule has 1 N–H and O–H groups in total. The van der Waals surface area contributed by atoms with Gasteiger partial charge in [0, 0.05) is 17.9 Å². The summed E-state index contributed by atoms with van der Waals surface area (Å²) in [6.07, 6.45) is -0.712. The first-order valence-electron chi connectivity index (χ1n) is 6.13. The van der Waals surface area contributed by atoms with Crippen LogP contribution in [-0.4, -0.2) is 22.0 Å². The lowest BCUT2D eigenvalue weighted by atomic mass is 10.0. The standard InChI is InChI=1S/C14H16BrFN2O2/c1-8-13(14(20-3)18(2)17-8)12(19)7-9-6-10(15)4-5-11(9)16/h4-6,12,19H,7H2,1-3H3.